The van der Waals surface area contributed by atoms with E-state index in [1.807, 2.05) is 0 Å². The van der Waals surface area contributed by atoms with Crippen LogP contribution in [0.15, 0.2) is 12.4 Å². The van der Waals surface area contributed by atoms with Gasteiger partial charge in [0.1, 0.15) is 0 Å². The van der Waals surface area contributed by atoms with Crippen molar-refractivity contribution in [3.8, 4) is 0 Å². The summed E-state index contributed by atoms with van der Waals surface area (Å²) in [5.41, 5.74) is 0. The van der Waals surface area contributed by atoms with Gasteiger partial charge in [0.25, 0.3) is 0 Å². The van der Waals surface area contributed by atoms with Gasteiger partial charge < -0.3 is 15.7 Å². The number of carbonyl (C=O) groups excluding carboxylic acids is 1. The minimum atomic E-state index is -0.834. The number of hydrogen-bond acceptors (Lipinski definition) is 4. The topological polar surface area (TPSA) is 109 Å². The van der Waals surface area contributed by atoms with E-state index >= 15 is 0 Å². The summed E-state index contributed by atoms with van der Waals surface area (Å²) in [4.78, 5) is 22.7. The lowest BCUT2D eigenvalue weighted by atomic mass is 10.0. The van der Waals surface area contributed by atoms with Gasteiger partial charge >= 0.3 is 12.0 Å². The number of nitrogens with zero attached hydrogens (tertiary/aromatic N) is 3. The van der Waals surface area contributed by atoms with Gasteiger partial charge in [-0.05, 0) is 19.3 Å². The minimum Gasteiger partial charge on any atom is -0.481 e. The molecular weight excluding hydrogens is 262 g/mol. The van der Waals surface area contributed by atoms with E-state index in [4.69, 9.17) is 5.11 Å². The first-order chi connectivity index (χ1) is 9.66. The highest BCUT2D eigenvalue weighted by Crippen LogP contribution is 2.25. The third-order valence-electron chi connectivity index (χ3n) is 3.47. The van der Waals surface area contributed by atoms with Crippen molar-refractivity contribution in [1.82, 2.24) is 25.6 Å². The summed E-state index contributed by atoms with van der Waals surface area (Å²) in [6.45, 7) is 1.19. The quantitative estimate of drug-likeness (QED) is 0.646. The second-order valence-electron chi connectivity index (χ2n) is 4.90. The molecule has 2 atom stereocenters. The van der Waals surface area contributed by atoms with E-state index < -0.39 is 11.9 Å². The van der Waals surface area contributed by atoms with Crippen LogP contribution >= 0.6 is 0 Å². The van der Waals surface area contributed by atoms with Gasteiger partial charge in [0.2, 0.25) is 0 Å². The predicted octanol–water partition coefficient (Wildman–Crippen LogP) is 0.221. The number of carboxylic acid groups (broad SMARTS) is 1. The standard InChI is InChI=1S/C12H19N5O3/c18-11(19)9-3-1-4-10(9)15-12(20)13-5-2-7-17-8-6-14-16-17/h6,8-10H,1-5,7H2,(H,18,19)(H2,13,15,20). The van der Waals surface area contributed by atoms with Crippen LogP contribution in [0, 0.1) is 5.92 Å². The maximum atomic E-state index is 11.7. The summed E-state index contributed by atoms with van der Waals surface area (Å²) in [6, 6.07) is -0.565. The number of aliphatic carboxylic acids is 1. The number of amides is 2. The molecule has 1 aromatic rings. The Balaban J connectivity index is 1.64. The summed E-state index contributed by atoms with van der Waals surface area (Å²) < 4.78 is 1.69. The first-order valence-electron chi connectivity index (χ1n) is 6.78. The van der Waals surface area contributed by atoms with Crippen LogP contribution in [-0.2, 0) is 11.3 Å². The van der Waals surface area contributed by atoms with Crippen LogP contribution in [0.5, 0.6) is 0 Å². The number of aryl methyl sites for hydroxylation is 1. The minimum absolute atomic E-state index is 0.261. The Morgan fingerprint density at radius 1 is 1.40 bits per heavy atom. The van der Waals surface area contributed by atoms with Crippen molar-refractivity contribution in [3.05, 3.63) is 12.4 Å². The molecule has 20 heavy (non-hydrogen) atoms. The Morgan fingerprint density at radius 3 is 2.95 bits per heavy atom. The smallest absolute Gasteiger partial charge is 0.315 e. The molecule has 0 spiro atoms. The van der Waals surface area contributed by atoms with Crippen LogP contribution in [0.1, 0.15) is 25.7 Å². The number of nitrogens with one attached hydrogen (secondary N) is 2. The van der Waals surface area contributed by atoms with Crippen LogP contribution in [0.25, 0.3) is 0 Å². The number of hydrogen-bond donors (Lipinski definition) is 3. The Kier molecular flexibility index (Phi) is 4.91. The molecule has 0 aromatic carbocycles. The lowest BCUT2D eigenvalue weighted by Crippen LogP contribution is -2.45. The normalized spacial score (nSPS) is 21.6. The van der Waals surface area contributed by atoms with Crippen LogP contribution in [0.3, 0.4) is 0 Å². The van der Waals surface area contributed by atoms with Gasteiger partial charge in [-0.2, -0.15) is 0 Å². The first-order valence-corrected chi connectivity index (χ1v) is 6.78. The van der Waals surface area contributed by atoms with E-state index in [9.17, 15) is 9.59 Å². The van der Waals surface area contributed by atoms with Gasteiger partial charge in [-0.15, -0.1) is 5.10 Å². The molecule has 2 unspecified atom stereocenters. The number of urea groups is 1. The van der Waals surface area contributed by atoms with Gasteiger partial charge in [-0.1, -0.05) is 11.6 Å². The summed E-state index contributed by atoms with van der Waals surface area (Å²) in [5.74, 6) is -1.30. The predicted molar refractivity (Wildman–Crippen MR) is 69.9 cm³/mol. The highest BCUT2D eigenvalue weighted by Gasteiger charge is 2.33. The first kappa shape index (κ1) is 14.3. The molecule has 1 aliphatic carbocycles. The maximum Gasteiger partial charge on any atom is 0.315 e. The van der Waals surface area contributed by atoms with E-state index in [0.29, 0.717) is 19.5 Å². The van der Waals surface area contributed by atoms with Crippen molar-refractivity contribution in [2.45, 2.75) is 38.3 Å². The molecule has 110 valence electrons. The van der Waals surface area contributed by atoms with Gasteiger partial charge in [0, 0.05) is 25.3 Å². The van der Waals surface area contributed by atoms with Crippen LogP contribution in [0.2, 0.25) is 0 Å². The van der Waals surface area contributed by atoms with E-state index in [1.54, 1.807) is 17.1 Å². The number of carbonyl (C=O) groups is 2. The molecule has 0 saturated heterocycles. The van der Waals surface area contributed by atoms with Gasteiger partial charge in [-0.3, -0.25) is 9.48 Å². The second kappa shape index (κ2) is 6.88. The molecule has 1 aromatic heterocycles. The molecule has 0 radical (unpaired) electrons. The van der Waals surface area contributed by atoms with Gasteiger partial charge in [-0.25, -0.2) is 4.79 Å². The average Bonchev–Trinajstić information content (AvgIpc) is 3.05. The molecule has 1 heterocycles. The molecule has 1 aliphatic rings. The molecule has 8 nitrogen and oxygen atoms in total. The number of rotatable bonds is 6. The third-order valence-corrected chi connectivity index (χ3v) is 3.47. The summed E-state index contributed by atoms with van der Waals surface area (Å²) in [5, 5.41) is 22.0. The van der Waals surface area contributed by atoms with E-state index in [1.165, 1.54) is 0 Å². The number of carboxylic acids is 1. The molecule has 0 aliphatic heterocycles. The number of aromatic nitrogens is 3. The van der Waals surface area contributed by atoms with Crippen molar-refractivity contribution >= 4 is 12.0 Å². The SMILES string of the molecule is O=C(NCCCn1ccnn1)NC1CCCC1C(=O)O. The Bertz CT molecular complexity index is 448. The fourth-order valence-electron chi connectivity index (χ4n) is 2.44. The van der Waals surface area contributed by atoms with Crippen molar-refractivity contribution in [2.24, 2.45) is 5.92 Å². The molecule has 8 heteroatoms. The molecule has 0 bridgehead atoms. The zero-order valence-corrected chi connectivity index (χ0v) is 11.2. The Hall–Kier alpha value is -2.12. The summed E-state index contributed by atoms with van der Waals surface area (Å²) in [7, 11) is 0. The lowest BCUT2D eigenvalue weighted by Gasteiger charge is -2.17. The maximum absolute atomic E-state index is 11.7. The zero-order chi connectivity index (χ0) is 14.4. The third kappa shape index (κ3) is 3.94. The molecular formula is C12H19N5O3. The van der Waals surface area contributed by atoms with Crippen molar-refractivity contribution in [3.63, 3.8) is 0 Å². The van der Waals surface area contributed by atoms with Crippen LogP contribution in [-0.4, -0.2) is 44.7 Å². The highest BCUT2D eigenvalue weighted by molar-refractivity contribution is 5.76. The molecule has 2 amide bonds. The van der Waals surface area contributed by atoms with Gasteiger partial charge in [0.05, 0.1) is 12.1 Å². The summed E-state index contributed by atoms with van der Waals surface area (Å²) >= 11 is 0. The largest absolute Gasteiger partial charge is 0.481 e. The zero-order valence-electron chi connectivity index (χ0n) is 11.2. The highest BCUT2D eigenvalue weighted by atomic mass is 16.4. The monoisotopic (exact) mass is 281 g/mol. The van der Waals surface area contributed by atoms with Crippen LogP contribution in [0.4, 0.5) is 4.79 Å². The van der Waals surface area contributed by atoms with E-state index in [-0.39, 0.29) is 12.1 Å². The van der Waals surface area contributed by atoms with Crippen molar-refractivity contribution in [1.29, 1.82) is 0 Å². The Labute approximate surface area is 116 Å². The van der Waals surface area contributed by atoms with Crippen molar-refractivity contribution < 1.29 is 14.7 Å². The van der Waals surface area contributed by atoms with E-state index in [0.717, 1.165) is 19.3 Å². The summed E-state index contributed by atoms with van der Waals surface area (Å²) in [6.07, 6.45) is 6.30. The molecule has 2 rings (SSSR count). The second-order valence-corrected chi connectivity index (χ2v) is 4.90. The molecule has 1 saturated carbocycles. The lowest BCUT2D eigenvalue weighted by molar-refractivity contribution is -0.142. The fraction of sp³-hybridized carbons (Fsp3) is 0.667. The Morgan fingerprint density at radius 2 is 2.25 bits per heavy atom. The molecule has 3 N–H and O–H groups in total. The average molecular weight is 281 g/mol. The molecule has 1 fully saturated rings. The van der Waals surface area contributed by atoms with E-state index in [2.05, 4.69) is 20.9 Å². The van der Waals surface area contributed by atoms with Crippen molar-refractivity contribution in [2.75, 3.05) is 6.54 Å². The van der Waals surface area contributed by atoms with Gasteiger partial charge in [0.15, 0.2) is 0 Å². The van der Waals surface area contributed by atoms with Crippen LogP contribution < -0.4 is 10.6 Å². The fourth-order valence-corrected chi connectivity index (χ4v) is 2.44.